The summed E-state index contributed by atoms with van der Waals surface area (Å²) in [6, 6.07) is 0. The van der Waals surface area contributed by atoms with Gasteiger partial charge < -0.3 is 4.74 Å². The van der Waals surface area contributed by atoms with Gasteiger partial charge in [-0.3, -0.25) is 5.10 Å². The van der Waals surface area contributed by atoms with E-state index in [-0.39, 0.29) is 23.1 Å². The summed E-state index contributed by atoms with van der Waals surface area (Å²) in [5, 5.41) is 6.22. The van der Waals surface area contributed by atoms with Gasteiger partial charge in [-0.1, -0.05) is 20.8 Å². The normalized spacial score (nSPS) is 11.8. The molecule has 0 aliphatic heterocycles. The molecule has 0 saturated heterocycles. The summed E-state index contributed by atoms with van der Waals surface area (Å²) >= 11 is 0. The monoisotopic (exact) mass is 294 g/mol. The molecule has 0 spiro atoms. The van der Waals surface area contributed by atoms with E-state index in [1.807, 2.05) is 6.92 Å². The van der Waals surface area contributed by atoms with Crippen LogP contribution in [-0.2, 0) is 13.8 Å². The van der Waals surface area contributed by atoms with E-state index in [4.69, 9.17) is 15.4 Å². The number of carbonyl (C=O) groups is 1. The van der Waals surface area contributed by atoms with Crippen LogP contribution in [0.25, 0.3) is 0 Å². The Morgan fingerprint density at radius 3 is 2.56 bits per heavy atom. The van der Waals surface area contributed by atoms with E-state index >= 15 is 0 Å². The predicted molar refractivity (Wildman–Crippen MR) is 66.3 cm³/mol. The number of esters is 1. The molecule has 0 bridgehead atoms. The van der Waals surface area contributed by atoms with Gasteiger partial charge in [0.1, 0.15) is 4.90 Å². The number of aromatic amines is 1. The van der Waals surface area contributed by atoms with Crippen molar-refractivity contribution in [3.05, 3.63) is 11.4 Å². The quantitative estimate of drug-likeness (QED) is 0.663. The summed E-state index contributed by atoms with van der Waals surface area (Å²) < 4.78 is 27.9. The molecule has 1 aromatic rings. The second-order valence-electron chi connectivity index (χ2n) is 4.04. The molecule has 0 aliphatic carbocycles. The van der Waals surface area contributed by atoms with Crippen LogP contribution in [0.4, 0.5) is 0 Å². The minimum atomic E-state index is -4.06. The molecular weight excluding hydrogens is 280 g/mol. The molecule has 1 N–H and O–H groups in total. The van der Waals surface area contributed by atoms with Gasteiger partial charge in [0, 0.05) is 10.7 Å². The maximum Gasteiger partial charge on any atom is 0.360 e. The lowest BCUT2D eigenvalue weighted by atomic mass is 10.1. The standard InChI is InChI=1S/C10H15ClN2O4S/c1-4-5-17-10(14)8-9(18(11,15)16)7(6(2)3)12-13-8/h6H,4-5H2,1-3H3,(H,12,13). The topological polar surface area (TPSA) is 89.1 Å². The maximum atomic E-state index is 11.7. The van der Waals surface area contributed by atoms with E-state index in [2.05, 4.69) is 10.2 Å². The highest BCUT2D eigenvalue weighted by atomic mass is 35.7. The molecule has 0 atom stereocenters. The average Bonchev–Trinajstić information content (AvgIpc) is 2.69. The highest BCUT2D eigenvalue weighted by molar-refractivity contribution is 8.13. The third-order valence-corrected chi connectivity index (χ3v) is 3.56. The summed E-state index contributed by atoms with van der Waals surface area (Å²) in [6.07, 6.45) is 0.635. The van der Waals surface area contributed by atoms with Gasteiger partial charge in [0.25, 0.3) is 9.05 Å². The molecule has 1 rings (SSSR count). The summed E-state index contributed by atoms with van der Waals surface area (Å²) in [4.78, 5) is 11.4. The first kappa shape index (κ1) is 15.0. The number of hydrogen-bond donors (Lipinski definition) is 1. The first-order valence-electron chi connectivity index (χ1n) is 5.49. The van der Waals surface area contributed by atoms with E-state index in [1.54, 1.807) is 13.8 Å². The largest absolute Gasteiger partial charge is 0.461 e. The van der Waals surface area contributed by atoms with Gasteiger partial charge in [0.2, 0.25) is 0 Å². The van der Waals surface area contributed by atoms with E-state index in [0.29, 0.717) is 12.1 Å². The molecule has 0 fully saturated rings. The van der Waals surface area contributed by atoms with Crippen molar-refractivity contribution in [1.82, 2.24) is 10.2 Å². The second-order valence-corrected chi connectivity index (χ2v) is 6.55. The van der Waals surface area contributed by atoms with Gasteiger partial charge in [-0.25, -0.2) is 13.2 Å². The SMILES string of the molecule is CCCOC(=O)c1n[nH]c(C(C)C)c1S(=O)(=O)Cl. The van der Waals surface area contributed by atoms with Crippen LogP contribution in [0.15, 0.2) is 4.90 Å². The number of aromatic nitrogens is 2. The van der Waals surface area contributed by atoms with Crippen molar-refractivity contribution in [3.8, 4) is 0 Å². The van der Waals surface area contributed by atoms with Gasteiger partial charge in [0.15, 0.2) is 5.69 Å². The molecule has 6 nitrogen and oxygen atoms in total. The van der Waals surface area contributed by atoms with Crippen LogP contribution < -0.4 is 0 Å². The first-order valence-corrected chi connectivity index (χ1v) is 7.80. The van der Waals surface area contributed by atoms with Crippen LogP contribution >= 0.6 is 10.7 Å². The lowest BCUT2D eigenvalue weighted by Crippen LogP contribution is -2.10. The Kier molecular flexibility index (Phi) is 4.75. The molecule has 0 saturated carbocycles. The smallest absolute Gasteiger partial charge is 0.360 e. The highest BCUT2D eigenvalue weighted by Gasteiger charge is 2.30. The number of nitrogens with zero attached hydrogens (tertiary/aromatic N) is 1. The van der Waals surface area contributed by atoms with Crippen LogP contribution in [0, 0.1) is 0 Å². The van der Waals surface area contributed by atoms with Crippen molar-refractivity contribution in [3.63, 3.8) is 0 Å². The Morgan fingerprint density at radius 1 is 1.50 bits per heavy atom. The summed E-state index contributed by atoms with van der Waals surface area (Å²) in [5.74, 6) is -0.951. The lowest BCUT2D eigenvalue weighted by molar-refractivity contribution is 0.0493. The zero-order valence-corrected chi connectivity index (χ0v) is 11.9. The van der Waals surface area contributed by atoms with E-state index in [0.717, 1.165) is 0 Å². The van der Waals surface area contributed by atoms with Crippen molar-refractivity contribution in [2.75, 3.05) is 6.61 Å². The van der Waals surface area contributed by atoms with E-state index < -0.39 is 15.0 Å². The summed E-state index contributed by atoms with van der Waals surface area (Å²) in [7, 11) is 1.28. The number of nitrogens with one attached hydrogen (secondary N) is 1. The molecule has 0 aromatic carbocycles. The third kappa shape index (κ3) is 3.23. The fourth-order valence-corrected chi connectivity index (χ4v) is 2.76. The Balaban J connectivity index is 3.26. The summed E-state index contributed by atoms with van der Waals surface area (Å²) in [5.41, 5.74) is 0.00981. The minimum Gasteiger partial charge on any atom is -0.461 e. The number of hydrogen-bond acceptors (Lipinski definition) is 5. The molecule has 0 amide bonds. The fraction of sp³-hybridized carbons (Fsp3) is 0.600. The van der Waals surface area contributed by atoms with Crippen LogP contribution in [0.2, 0.25) is 0 Å². The third-order valence-electron chi connectivity index (χ3n) is 2.20. The lowest BCUT2D eigenvalue weighted by Gasteiger charge is -2.05. The molecule has 1 heterocycles. The highest BCUT2D eigenvalue weighted by Crippen LogP contribution is 2.28. The van der Waals surface area contributed by atoms with Crippen molar-refractivity contribution in [1.29, 1.82) is 0 Å². The zero-order chi connectivity index (χ0) is 13.9. The number of rotatable bonds is 5. The Hall–Kier alpha value is -1.08. The molecule has 0 radical (unpaired) electrons. The number of ether oxygens (including phenoxy) is 1. The number of H-pyrrole nitrogens is 1. The van der Waals surface area contributed by atoms with Gasteiger partial charge in [0.05, 0.1) is 12.3 Å². The fourth-order valence-electron chi connectivity index (χ4n) is 1.38. The van der Waals surface area contributed by atoms with Gasteiger partial charge in [-0.15, -0.1) is 0 Å². The Bertz CT molecular complexity index is 536. The van der Waals surface area contributed by atoms with Crippen LogP contribution in [0.1, 0.15) is 49.3 Å². The Morgan fingerprint density at radius 2 is 2.11 bits per heavy atom. The molecule has 1 aromatic heterocycles. The van der Waals surface area contributed by atoms with Crippen LogP contribution in [-0.4, -0.2) is 31.2 Å². The van der Waals surface area contributed by atoms with Crippen LogP contribution in [0.5, 0.6) is 0 Å². The molecule has 0 unspecified atom stereocenters. The van der Waals surface area contributed by atoms with Crippen molar-refractivity contribution in [2.24, 2.45) is 0 Å². The minimum absolute atomic E-state index is 0.159. The molecule has 18 heavy (non-hydrogen) atoms. The van der Waals surface area contributed by atoms with Gasteiger partial charge in [-0.05, 0) is 12.3 Å². The molecular formula is C10H15ClN2O4S. The van der Waals surface area contributed by atoms with Gasteiger partial charge in [-0.2, -0.15) is 5.10 Å². The average molecular weight is 295 g/mol. The van der Waals surface area contributed by atoms with Gasteiger partial charge >= 0.3 is 5.97 Å². The number of carbonyl (C=O) groups excluding carboxylic acids is 1. The number of halogens is 1. The van der Waals surface area contributed by atoms with Crippen molar-refractivity contribution < 1.29 is 17.9 Å². The van der Waals surface area contributed by atoms with Crippen molar-refractivity contribution in [2.45, 2.75) is 38.0 Å². The maximum absolute atomic E-state index is 11.7. The van der Waals surface area contributed by atoms with E-state index in [9.17, 15) is 13.2 Å². The second kappa shape index (κ2) is 5.71. The molecule has 0 aliphatic rings. The molecule has 8 heteroatoms. The molecule has 102 valence electrons. The van der Waals surface area contributed by atoms with E-state index in [1.165, 1.54) is 0 Å². The predicted octanol–water partition coefficient (Wildman–Crippen LogP) is 2.03. The first-order chi connectivity index (χ1) is 8.29. The van der Waals surface area contributed by atoms with Crippen LogP contribution in [0.3, 0.4) is 0 Å². The summed E-state index contributed by atoms with van der Waals surface area (Å²) in [6.45, 7) is 5.56. The zero-order valence-electron chi connectivity index (χ0n) is 10.4. The Labute approximate surface area is 110 Å². The van der Waals surface area contributed by atoms with Crippen molar-refractivity contribution >= 4 is 25.7 Å².